The Kier molecular flexibility index (Phi) is 2.49. The fraction of sp³-hybridized carbons (Fsp3) is 0.667. The molecule has 0 aromatic carbocycles. The Labute approximate surface area is 70.6 Å². The van der Waals surface area contributed by atoms with E-state index in [2.05, 4.69) is 10.7 Å². The van der Waals surface area contributed by atoms with Crippen LogP contribution in [0.25, 0.3) is 0 Å². The molecule has 12 heavy (non-hydrogen) atoms. The van der Waals surface area contributed by atoms with Crippen molar-refractivity contribution in [2.75, 3.05) is 6.67 Å². The largest absolute Gasteiger partial charge is 0.369 e. The van der Waals surface area contributed by atoms with Crippen LogP contribution in [0.15, 0.2) is 0 Å². The molecule has 1 heterocycles. The lowest BCUT2D eigenvalue weighted by atomic mass is 10.2. The van der Waals surface area contributed by atoms with Gasteiger partial charge in [0.05, 0.1) is 6.67 Å². The Morgan fingerprint density at radius 2 is 2.58 bits per heavy atom. The molecule has 0 aromatic heterocycles. The number of carbonyl (C=O) groups excluding carboxylic acids is 1. The predicted octanol–water partition coefficient (Wildman–Crippen LogP) is -1.45. The van der Waals surface area contributed by atoms with Gasteiger partial charge in [0.15, 0.2) is 0 Å². The van der Waals surface area contributed by atoms with Gasteiger partial charge in [0.25, 0.3) is 0 Å². The molecule has 1 fully saturated rings. The molecule has 1 unspecified atom stereocenters. The summed E-state index contributed by atoms with van der Waals surface area (Å²) in [5.74, 6) is -0.267. The lowest BCUT2D eigenvalue weighted by Gasteiger charge is -2.30. The van der Waals surface area contributed by atoms with Gasteiger partial charge in [0, 0.05) is 12.5 Å². The van der Waals surface area contributed by atoms with E-state index in [0.29, 0.717) is 13.1 Å². The summed E-state index contributed by atoms with van der Waals surface area (Å²) < 4.78 is 0. The summed E-state index contributed by atoms with van der Waals surface area (Å²) in [6.07, 6.45) is 0.431. The zero-order valence-electron chi connectivity index (χ0n) is 6.92. The molecule has 1 aliphatic rings. The van der Waals surface area contributed by atoms with E-state index in [1.165, 1.54) is 5.01 Å². The average molecular weight is 171 g/mol. The van der Waals surface area contributed by atoms with Crippen LogP contribution in [-0.4, -0.2) is 29.6 Å². The molecule has 1 rings (SSSR count). The van der Waals surface area contributed by atoms with Crippen molar-refractivity contribution in [1.82, 2.24) is 15.8 Å². The number of rotatable bonds is 1. The van der Waals surface area contributed by atoms with Crippen molar-refractivity contribution in [3.05, 3.63) is 0 Å². The van der Waals surface area contributed by atoms with Crippen LogP contribution in [0, 0.1) is 5.41 Å². The Hall–Kier alpha value is -1.30. The third kappa shape index (κ3) is 2.09. The molecule has 0 radical (unpaired) electrons. The van der Waals surface area contributed by atoms with E-state index >= 15 is 0 Å². The van der Waals surface area contributed by atoms with Gasteiger partial charge in [-0.25, -0.2) is 5.01 Å². The number of nitrogens with zero attached hydrogens (tertiary/aromatic N) is 1. The van der Waals surface area contributed by atoms with Gasteiger partial charge in [0.2, 0.25) is 11.9 Å². The van der Waals surface area contributed by atoms with E-state index in [1.54, 1.807) is 0 Å². The quantitative estimate of drug-likeness (QED) is 0.287. The molecular formula is C6H13N5O. The Bertz CT molecular complexity index is 204. The number of hydrogen-bond donors (Lipinski definition) is 4. The predicted molar refractivity (Wildman–Crippen MR) is 44.0 cm³/mol. The number of carbonyl (C=O) groups is 1. The summed E-state index contributed by atoms with van der Waals surface area (Å²) in [7, 11) is 0. The molecule has 0 spiro atoms. The van der Waals surface area contributed by atoms with Crippen LogP contribution in [0.4, 0.5) is 0 Å². The number of guanidine groups is 1. The highest BCUT2D eigenvalue weighted by Gasteiger charge is 2.22. The minimum absolute atomic E-state index is 0.0450. The van der Waals surface area contributed by atoms with Crippen LogP contribution >= 0.6 is 0 Å². The van der Waals surface area contributed by atoms with Gasteiger partial charge in [0.1, 0.15) is 0 Å². The second-order valence-corrected chi connectivity index (χ2v) is 2.81. The third-order valence-corrected chi connectivity index (χ3v) is 1.64. The topological polar surface area (TPSA) is 94.2 Å². The highest BCUT2D eigenvalue weighted by molar-refractivity contribution is 5.82. The van der Waals surface area contributed by atoms with E-state index < -0.39 is 0 Å². The summed E-state index contributed by atoms with van der Waals surface area (Å²) in [4.78, 5) is 11.2. The Balaban J connectivity index is 2.45. The van der Waals surface area contributed by atoms with E-state index in [-0.39, 0.29) is 17.9 Å². The zero-order chi connectivity index (χ0) is 9.14. The van der Waals surface area contributed by atoms with Gasteiger partial charge in [-0.3, -0.25) is 20.9 Å². The molecule has 6 nitrogen and oxygen atoms in total. The van der Waals surface area contributed by atoms with Gasteiger partial charge in [-0.15, -0.1) is 0 Å². The third-order valence-electron chi connectivity index (χ3n) is 1.64. The second kappa shape index (κ2) is 3.40. The van der Waals surface area contributed by atoms with Crippen LogP contribution in [0.3, 0.4) is 0 Å². The molecule has 1 aliphatic heterocycles. The number of hydrazine groups is 1. The van der Waals surface area contributed by atoms with Crippen molar-refractivity contribution in [3.63, 3.8) is 0 Å². The minimum Gasteiger partial charge on any atom is -0.369 e. The molecule has 0 aliphatic carbocycles. The molecule has 1 saturated heterocycles. The fourth-order valence-corrected chi connectivity index (χ4v) is 1.03. The molecule has 5 N–H and O–H groups in total. The van der Waals surface area contributed by atoms with Gasteiger partial charge in [-0.05, 0) is 6.92 Å². The molecule has 1 amide bonds. The molecule has 6 heteroatoms. The Morgan fingerprint density at radius 1 is 1.92 bits per heavy atom. The molecule has 0 aromatic rings. The van der Waals surface area contributed by atoms with E-state index in [4.69, 9.17) is 11.1 Å². The van der Waals surface area contributed by atoms with E-state index in [9.17, 15) is 4.79 Å². The lowest BCUT2D eigenvalue weighted by molar-refractivity contribution is -0.136. The van der Waals surface area contributed by atoms with Crippen LogP contribution in [0.2, 0.25) is 0 Å². The van der Waals surface area contributed by atoms with Crippen LogP contribution in [0.1, 0.15) is 13.3 Å². The number of nitrogens with two attached hydrogens (primary N) is 1. The summed E-state index contributed by atoms with van der Waals surface area (Å²) in [6.45, 7) is 2.32. The molecule has 0 bridgehead atoms. The minimum atomic E-state index is -0.222. The van der Waals surface area contributed by atoms with Crippen molar-refractivity contribution >= 4 is 11.9 Å². The summed E-state index contributed by atoms with van der Waals surface area (Å²) in [5, 5.41) is 11.3. The van der Waals surface area contributed by atoms with Crippen LogP contribution in [0.5, 0.6) is 0 Å². The second-order valence-electron chi connectivity index (χ2n) is 2.81. The SMILES string of the molecule is CC1CC(=O)N(NC(=N)N)CN1. The molecule has 68 valence electrons. The smallest absolute Gasteiger partial charge is 0.243 e. The van der Waals surface area contributed by atoms with Gasteiger partial charge < -0.3 is 5.73 Å². The first-order valence-corrected chi connectivity index (χ1v) is 3.74. The molecule has 1 atom stereocenters. The van der Waals surface area contributed by atoms with Crippen molar-refractivity contribution < 1.29 is 4.79 Å². The normalized spacial score (nSPS) is 23.9. The first-order valence-electron chi connectivity index (χ1n) is 3.74. The highest BCUT2D eigenvalue weighted by atomic mass is 16.2. The van der Waals surface area contributed by atoms with Gasteiger partial charge >= 0.3 is 0 Å². The van der Waals surface area contributed by atoms with Crippen LogP contribution < -0.4 is 16.5 Å². The van der Waals surface area contributed by atoms with Crippen molar-refractivity contribution in [2.24, 2.45) is 5.73 Å². The average Bonchev–Trinajstić information content (AvgIpc) is 1.94. The first-order chi connectivity index (χ1) is 5.59. The highest BCUT2D eigenvalue weighted by Crippen LogP contribution is 2.01. The standard InChI is InChI=1S/C6H13N5O/c1-4-2-5(12)11(3-9-4)10-6(7)8/h4,9H,2-3H2,1H3,(H4,7,8,10). The summed E-state index contributed by atoms with van der Waals surface area (Å²) in [5.41, 5.74) is 7.51. The maximum Gasteiger partial charge on any atom is 0.243 e. The maximum absolute atomic E-state index is 11.2. The number of hydrogen-bond acceptors (Lipinski definition) is 3. The van der Waals surface area contributed by atoms with E-state index in [1.807, 2.05) is 6.92 Å². The summed E-state index contributed by atoms with van der Waals surface area (Å²) in [6, 6.07) is 0.197. The monoisotopic (exact) mass is 171 g/mol. The molecule has 0 saturated carbocycles. The van der Waals surface area contributed by atoms with Crippen molar-refractivity contribution in [2.45, 2.75) is 19.4 Å². The van der Waals surface area contributed by atoms with Gasteiger partial charge in [-0.1, -0.05) is 0 Å². The Morgan fingerprint density at radius 3 is 3.08 bits per heavy atom. The summed E-state index contributed by atoms with van der Waals surface area (Å²) >= 11 is 0. The van der Waals surface area contributed by atoms with E-state index in [0.717, 1.165) is 0 Å². The number of amides is 1. The maximum atomic E-state index is 11.2. The van der Waals surface area contributed by atoms with Gasteiger partial charge in [-0.2, -0.15) is 0 Å². The van der Waals surface area contributed by atoms with Crippen molar-refractivity contribution in [3.8, 4) is 0 Å². The molecular weight excluding hydrogens is 158 g/mol. The van der Waals surface area contributed by atoms with Crippen molar-refractivity contribution in [1.29, 1.82) is 5.41 Å². The lowest BCUT2D eigenvalue weighted by Crippen LogP contribution is -2.58. The number of nitrogens with one attached hydrogen (secondary N) is 3. The fourth-order valence-electron chi connectivity index (χ4n) is 1.03. The zero-order valence-corrected chi connectivity index (χ0v) is 6.92. The first kappa shape index (κ1) is 8.79. The van der Waals surface area contributed by atoms with Crippen LogP contribution in [-0.2, 0) is 4.79 Å².